The fourth-order valence-electron chi connectivity index (χ4n) is 4.37. The van der Waals surface area contributed by atoms with E-state index in [-0.39, 0.29) is 29.8 Å². The minimum atomic E-state index is -0.783. The molecule has 0 saturated carbocycles. The zero-order valence-corrected chi connectivity index (χ0v) is 13.6. The third-order valence-corrected chi connectivity index (χ3v) is 5.33. The van der Waals surface area contributed by atoms with Gasteiger partial charge in [0.2, 0.25) is 11.8 Å². The van der Waals surface area contributed by atoms with E-state index in [0.29, 0.717) is 6.04 Å². The number of carbonyl (C=O) groups excluding carboxylic acids is 2. The summed E-state index contributed by atoms with van der Waals surface area (Å²) in [6, 6.07) is 0.339. The van der Waals surface area contributed by atoms with Crippen LogP contribution in [0.3, 0.4) is 0 Å². The van der Waals surface area contributed by atoms with E-state index in [1.807, 2.05) is 32.6 Å². The summed E-state index contributed by atoms with van der Waals surface area (Å²) in [5.41, 5.74) is -0.783. The van der Waals surface area contributed by atoms with Gasteiger partial charge < -0.3 is 10.2 Å². The number of piperazine rings is 1. The highest BCUT2D eigenvalue weighted by molar-refractivity contribution is 5.99. The maximum absolute atomic E-state index is 13.0. The topological polar surface area (TPSA) is 52.7 Å². The van der Waals surface area contributed by atoms with Gasteiger partial charge in [-0.25, -0.2) is 0 Å². The van der Waals surface area contributed by atoms with Gasteiger partial charge >= 0.3 is 0 Å². The molecule has 0 aromatic heterocycles. The van der Waals surface area contributed by atoms with Gasteiger partial charge in [0.15, 0.2) is 0 Å². The van der Waals surface area contributed by atoms with Crippen LogP contribution < -0.4 is 5.32 Å². The van der Waals surface area contributed by atoms with E-state index in [0.717, 1.165) is 25.9 Å². The first-order valence-corrected chi connectivity index (χ1v) is 8.22. The van der Waals surface area contributed by atoms with Crippen LogP contribution in [0, 0.1) is 5.92 Å². The van der Waals surface area contributed by atoms with Crippen LogP contribution in [0.2, 0.25) is 0 Å². The third kappa shape index (κ3) is 2.26. The molecule has 0 bridgehead atoms. The van der Waals surface area contributed by atoms with Crippen LogP contribution in [0.15, 0.2) is 0 Å². The molecular weight excluding hydrogens is 266 g/mol. The molecule has 3 aliphatic heterocycles. The molecule has 0 aromatic carbocycles. The Bertz CT molecular complexity index is 460. The van der Waals surface area contributed by atoms with Gasteiger partial charge in [-0.05, 0) is 45.6 Å². The first-order chi connectivity index (χ1) is 9.83. The van der Waals surface area contributed by atoms with Crippen molar-refractivity contribution in [3.05, 3.63) is 0 Å². The quantitative estimate of drug-likeness (QED) is 0.826. The number of hydrogen-bond acceptors (Lipinski definition) is 3. The summed E-state index contributed by atoms with van der Waals surface area (Å²) in [6.45, 7) is 9.90. The number of rotatable bonds is 2. The lowest BCUT2D eigenvalue weighted by molar-refractivity contribution is -0.159. The van der Waals surface area contributed by atoms with Crippen molar-refractivity contribution in [2.75, 3.05) is 13.1 Å². The fraction of sp³-hybridized carbons (Fsp3) is 0.875. The van der Waals surface area contributed by atoms with Gasteiger partial charge in [-0.3, -0.25) is 14.5 Å². The molecule has 118 valence electrons. The van der Waals surface area contributed by atoms with Gasteiger partial charge in [0.25, 0.3) is 0 Å². The number of carbonyl (C=O) groups is 2. The Morgan fingerprint density at radius 2 is 1.86 bits per heavy atom. The van der Waals surface area contributed by atoms with Gasteiger partial charge in [-0.15, -0.1) is 0 Å². The van der Waals surface area contributed by atoms with E-state index in [1.54, 1.807) is 0 Å². The van der Waals surface area contributed by atoms with Crippen LogP contribution in [0.25, 0.3) is 0 Å². The molecule has 2 amide bonds. The highest BCUT2D eigenvalue weighted by Crippen LogP contribution is 2.36. The smallest absolute Gasteiger partial charge is 0.248 e. The van der Waals surface area contributed by atoms with Gasteiger partial charge in [-0.1, -0.05) is 13.8 Å². The second-order valence-electron chi connectivity index (χ2n) is 7.62. The van der Waals surface area contributed by atoms with Crippen molar-refractivity contribution in [2.45, 2.75) is 70.6 Å². The summed E-state index contributed by atoms with van der Waals surface area (Å²) in [5, 5.41) is 2.91. The highest BCUT2D eigenvalue weighted by Gasteiger charge is 2.52. The molecule has 0 spiro atoms. The number of nitrogens with zero attached hydrogens (tertiary/aromatic N) is 2. The molecule has 5 heteroatoms. The molecule has 21 heavy (non-hydrogen) atoms. The molecule has 0 radical (unpaired) electrons. The highest BCUT2D eigenvalue weighted by atomic mass is 16.2. The molecule has 0 aliphatic carbocycles. The minimum absolute atomic E-state index is 0.00560. The van der Waals surface area contributed by atoms with Crippen LogP contribution in [0.5, 0.6) is 0 Å². The molecule has 3 heterocycles. The van der Waals surface area contributed by atoms with Crippen LogP contribution in [0.1, 0.15) is 47.0 Å². The molecular formula is C16H27N3O2. The second-order valence-corrected chi connectivity index (χ2v) is 7.62. The first kappa shape index (κ1) is 14.8. The van der Waals surface area contributed by atoms with Gasteiger partial charge in [0.1, 0.15) is 11.6 Å². The van der Waals surface area contributed by atoms with E-state index in [1.165, 1.54) is 6.42 Å². The molecule has 0 aromatic rings. The number of nitrogens with one attached hydrogen (secondary N) is 1. The summed E-state index contributed by atoms with van der Waals surface area (Å²) in [7, 11) is 0. The molecule has 3 fully saturated rings. The maximum atomic E-state index is 13.0. The van der Waals surface area contributed by atoms with Gasteiger partial charge in [0.05, 0.1) is 0 Å². The van der Waals surface area contributed by atoms with Gasteiger partial charge in [0, 0.05) is 18.6 Å². The summed E-state index contributed by atoms with van der Waals surface area (Å²) in [5.74, 6) is 0.228. The number of fused-ring (bicyclic) bond motifs is 1. The summed E-state index contributed by atoms with van der Waals surface area (Å²) in [4.78, 5) is 30.0. The van der Waals surface area contributed by atoms with E-state index >= 15 is 0 Å². The zero-order chi connectivity index (χ0) is 15.4. The molecule has 5 nitrogen and oxygen atoms in total. The van der Waals surface area contributed by atoms with Gasteiger partial charge in [-0.2, -0.15) is 0 Å². The summed E-state index contributed by atoms with van der Waals surface area (Å²) < 4.78 is 0. The van der Waals surface area contributed by atoms with E-state index in [4.69, 9.17) is 0 Å². The van der Waals surface area contributed by atoms with Crippen molar-refractivity contribution >= 4 is 11.8 Å². The Balaban J connectivity index is 1.94. The molecule has 3 rings (SSSR count). The zero-order valence-electron chi connectivity index (χ0n) is 13.6. The lowest BCUT2D eigenvalue weighted by Gasteiger charge is -2.48. The Kier molecular flexibility index (Phi) is 3.51. The lowest BCUT2D eigenvalue weighted by atomic mass is 9.88. The standard InChI is InChI=1S/C16H27N3O2/c1-10(2)13-14(20)17-16(3,4)15(21)19(13)12-7-9-18-8-5-6-11(12)18/h10-13H,5-9H2,1-4H3,(H,17,20). The Morgan fingerprint density at radius 3 is 2.52 bits per heavy atom. The van der Waals surface area contributed by atoms with Crippen LogP contribution in [0.4, 0.5) is 0 Å². The van der Waals surface area contributed by atoms with Crippen molar-refractivity contribution in [1.29, 1.82) is 0 Å². The molecule has 1 N–H and O–H groups in total. The lowest BCUT2D eigenvalue weighted by Crippen LogP contribution is -2.72. The Labute approximate surface area is 127 Å². The average Bonchev–Trinajstić information content (AvgIpc) is 2.94. The predicted molar refractivity (Wildman–Crippen MR) is 80.7 cm³/mol. The SMILES string of the molecule is CC(C)C1C(=O)NC(C)(C)C(=O)N1C1CCN2CCCC12. The van der Waals surface area contributed by atoms with Crippen LogP contribution in [-0.2, 0) is 9.59 Å². The predicted octanol–water partition coefficient (Wildman–Crippen LogP) is 0.985. The summed E-state index contributed by atoms with van der Waals surface area (Å²) in [6.07, 6.45) is 3.37. The molecule has 3 saturated heterocycles. The largest absolute Gasteiger partial charge is 0.340 e. The van der Waals surface area contributed by atoms with Crippen molar-refractivity contribution in [1.82, 2.24) is 15.1 Å². The summed E-state index contributed by atoms with van der Waals surface area (Å²) >= 11 is 0. The minimum Gasteiger partial charge on any atom is -0.340 e. The second kappa shape index (κ2) is 4.97. The third-order valence-electron chi connectivity index (χ3n) is 5.33. The van der Waals surface area contributed by atoms with E-state index in [2.05, 4.69) is 10.2 Å². The molecule has 3 aliphatic rings. The van der Waals surface area contributed by atoms with E-state index in [9.17, 15) is 9.59 Å². The van der Waals surface area contributed by atoms with Crippen molar-refractivity contribution < 1.29 is 9.59 Å². The fourth-order valence-corrected chi connectivity index (χ4v) is 4.37. The Morgan fingerprint density at radius 1 is 1.14 bits per heavy atom. The van der Waals surface area contributed by atoms with Crippen LogP contribution >= 0.6 is 0 Å². The van der Waals surface area contributed by atoms with E-state index < -0.39 is 5.54 Å². The van der Waals surface area contributed by atoms with Crippen LogP contribution in [-0.4, -0.2) is 58.4 Å². The number of hydrogen-bond donors (Lipinski definition) is 1. The first-order valence-electron chi connectivity index (χ1n) is 8.22. The molecule has 3 atom stereocenters. The number of amides is 2. The normalized spacial score (nSPS) is 36.2. The molecule has 3 unspecified atom stereocenters. The average molecular weight is 293 g/mol. The Hall–Kier alpha value is -1.10. The van der Waals surface area contributed by atoms with Crippen molar-refractivity contribution in [2.24, 2.45) is 5.92 Å². The monoisotopic (exact) mass is 293 g/mol. The van der Waals surface area contributed by atoms with Crippen molar-refractivity contribution in [3.63, 3.8) is 0 Å². The van der Waals surface area contributed by atoms with Crippen molar-refractivity contribution in [3.8, 4) is 0 Å². The maximum Gasteiger partial charge on any atom is 0.248 e.